The summed E-state index contributed by atoms with van der Waals surface area (Å²) in [5.74, 6) is -0.240. The highest BCUT2D eigenvalue weighted by Crippen LogP contribution is 2.22. The van der Waals surface area contributed by atoms with Crippen molar-refractivity contribution in [2.45, 2.75) is 13.8 Å². The lowest BCUT2D eigenvalue weighted by molar-refractivity contribution is 0.0977. The maximum Gasteiger partial charge on any atom is 0.257 e. The topological polar surface area (TPSA) is 41.1 Å². The molecule has 0 heterocycles. The van der Waals surface area contributed by atoms with Gasteiger partial charge < -0.3 is 5.32 Å². The maximum absolute atomic E-state index is 12.1. The standard InChI is InChI=1S/C16H15ClN2OS/c1-10-5-3-6-12(9-10)15(20)19-16(21)18-14-8-4-7-13(17)11(14)2/h3-9H,1-2H3,(H2,18,19,20,21). The zero-order valence-electron chi connectivity index (χ0n) is 11.7. The van der Waals surface area contributed by atoms with Gasteiger partial charge in [0.05, 0.1) is 0 Å². The minimum atomic E-state index is -0.240. The number of nitrogens with one attached hydrogen (secondary N) is 2. The van der Waals surface area contributed by atoms with Gasteiger partial charge in [0, 0.05) is 16.3 Å². The second-order valence-corrected chi connectivity index (χ2v) is 5.51. The van der Waals surface area contributed by atoms with Gasteiger partial charge in [-0.15, -0.1) is 0 Å². The van der Waals surface area contributed by atoms with Crippen molar-refractivity contribution >= 4 is 40.5 Å². The molecule has 0 fully saturated rings. The van der Waals surface area contributed by atoms with Gasteiger partial charge >= 0.3 is 0 Å². The summed E-state index contributed by atoms with van der Waals surface area (Å²) in [4.78, 5) is 12.1. The number of carbonyl (C=O) groups excluding carboxylic acids is 1. The second-order valence-electron chi connectivity index (χ2n) is 4.69. The summed E-state index contributed by atoms with van der Waals surface area (Å²) >= 11 is 11.2. The van der Waals surface area contributed by atoms with Crippen LogP contribution in [0.5, 0.6) is 0 Å². The highest BCUT2D eigenvalue weighted by atomic mass is 35.5. The number of thiocarbonyl (C=S) groups is 1. The van der Waals surface area contributed by atoms with Crippen LogP contribution >= 0.6 is 23.8 Å². The van der Waals surface area contributed by atoms with E-state index >= 15 is 0 Å². The molecule has 0 aliphatic rings. The molecule has 3 nitrogen and oxygen atoms in total. The van der Waals surface area contributed by atoms with E-state index in [2.05, 4.69) is 10.6 Å². The summed E-state index contributed by atoms with van der Waals surface area (Å²) in [5.41, 5.74) is 3.25. The van der Waals surface area contributed by atoms with Gasteiger partial charge in [0.1, 0.15) is 0 Å². The summed E-state index contributed by atoms with van der Waals surface area (Å²) in [6.45, 7) is 3.82. The second kappa shape index (κ2) is 6.70. The molecule has 0 saturated carbocycles. The third-order valence-corrected chi connectivity index (χ3v) is 3.64. The van der Waals surface area contributed by atoms with Crippen LogP contribution in [0.2, 0.25) is 5.02 Å². The Morgan fingerprint density at radius 1 is 1.14 bits per heavy atom. The Balaban J connectivity index is 2.05. The summed E-state index contributed by atoms with van der Waals surface area (Å²) in [6.07, 6.45) is 0. The van der Waals surface area contributed by atoms with Crippen LogP contribution < -0.4 is 10.6 Å². The number of amides is 1. The van der Waals surface area contributed by atoms with Gasteiger partial charge in [0.2, 0.25) is 0 Å². The SMILES string of the molecule is Cc1cccc(C(=O)NC(=S)Nc2cccc(Cl)c2C)c1. The fourth-order valence-electron chi connectivity index (χ4n) is 1.86. The summed E-state index contributed by atoms with van der Waals surface area (Å²) < 4.78 is 0. The molecule has 2 aromatic rings. The number of carbonyl (C=O) groups is 1. The van der Waals surface area contributed by atoms with Gasteiger partial charge in [-0.1, -0.05) is 35.4 Å². The van der Waals surface area contributed by atoms with Crippen molar-refractivity contribution in [1.29, 1.82) is 0 Å². The number of rotatable bonds is 2. The zero-order valence-corrected chi connectivity index (χ0v) is 13.3. The smallest absolute Gasteiger partial charge is 0.257 e. The van der Waals surface area contributed by atoms with Crippen molar-refractivity contribution < 1.29 is 4.79 Å². The molecule has 21 heavy (non-hydrogen) atoms. The molecule has 0 bridgehead atoms. The third kappa shape index (κ3) is 4.03. The van der Waals surface area contributed by atoms with Crippen molar-refractivity contribution in [3.05, 3.63) is 64.2 Å². The van der Waals surface area contributed by atoms with Crippen LogP contribution in [0.1, 0.15) is 21.5 Å². The van der Waals surface area contributed by atoms with Crippen LogP contribution in [-0.2, 0) is 0 Å². The Bertz CT molecular complexity index is 700. The van der Waals surface area contributed by atoms with E-state index < -0.39 is 0 Å². The number of benzene rings is 2. The van der Waals surface area contributed by atoms with Gasteiger partial charge in [0.15, 0.2) is 5.11 Å². The highest BCUT2D eigenvalue weighted by molar-refractivity contribution is 7.80. The molecule has 0 unspecified atom stereocenters. The van der Waals surface area contributed by atoms with E-state index in [1.165, 1.54) is 0 Å². The first-order valence-electron chi connectivity index (χ1n) is 6.41. The van der Waals surface area contributed by atoms with Crippen LogP contribution in [-0.4, -0.2) is 11.0 Å². The average molecular weight is 319 g/mol. The number of halogens is 1. The normalized spacial score (nSPS) is 10.0. The van der Waals surface area contributed by atoms with Gasteiger partial charge in [-0.05, 0) is 55.9 Å². The highest BCUT2D eigenvalue weighted by Gasteiger charge is 2.09. The zero-order chi connectivity index (χ0) is 15.4. The number of hydrogen-bond donors (Lipinski definition) is 2. The summed E-state index contributed by atoms with van der Waals surface area (Å²) in [6, 6.07) is 12.8. The minimum absolute atomic E-state index is 0.240. The average Bonchev–Trinajstić information content (AvgIpc) is 2.44. The molecule has 2 N–H and O–H groups in total. The molecule has 0 spiro atoms. The summed E-state index contributed by atoms with van der Waals surface area (Å²) in [7, 11) is 0. The Labute approximate surface area is 134 Å². The predicted octanol–water partition coefficient (Wildman–Crippen LogP) is 4.08. The van der Waals surface area contributed by atoms with Crippen molar-refractivity contribution in [2.24, 2.45) is 0 Å². The maximum atomic E-state index is 12.1. The third-order valence-electron chi connectivity index (χ3n) is 3.02. The van der Waals surface area contributed by atoms with Crippen LogP contribution in [0.4, 0.5) is 5.69 Å². The molecule has 0 aromatic heterocycles. The molecule has 0 atom stereocenters. The summed E-state index contributed by atoms with van der Waals surface area (Å²) in [5, 5.41) is 6.53. The number of aryl methyl sites for hydroxylation is 1. The van der Waals surface area contributed by atoms with Gasteiger partial charge in [-0.3, -0.25) is 10.1 Å². The van der Waals surface area contributed by atoms with Crippen LogP contribution in [0.3, 0.4) is 0 Å². The lowest BCUT2D eigenvalue weighted by Crippen LogP contribution is -2.34. The van der Waals surface area contributed by atoms with E-state index in [4.69, 9.17) is 23.8 Å². The molecule has 0 radical (unpaired) electrons. The molecule has 5 heteroatoms. The predicted molar refractivity (Wildman–Crippen MR) is 91.1 cm³/mol. The molecule has 2 aromatic carbocycles. The van der Waals surface area contributed by atoms with E-state index in [9.17, 15) is 4.79 Å². The fraction of sp³-hybridized carbons (Fsp3) is 0.125. The molecule has 0 aliphatic carbocycles. The van der Waals surface area contributed by atoms with Gasteiger partial charge in [-0.2, -0.15) is 0 Å². The Morgan fingerprint density at radius 2 is 1.86 bits per heavy atom. The molecule has 108 valence electrons. The molecular weight excluding hydrogens is 304 g/mol. The van der Waals surface area contributed by atoms with Gasteiger partial charge in [-0.25, -0.2) is 0 Å². The van der Waals surface area contributed by atoms with E-state index in [-0.39, 0.29) is 11.0 Å². The van der Waals surface area contributed by atoms with Gasteiger partial charge in [0.25, 0.3) is 5.91 Å². The molecule has 0 aliphatic heterocycles. The van der Waals surface area contributed by atoms with E-state index in [1.54, 1.807) is 12.1 Å². The quantitative estimate of drug-likeness (QED) is 0.820. The Morgan fingerprint density at radius 3 is 2.57 bits per heavy atom. The number of anilines is 1. The van der Waals surface area contributed by atoms with E-state index in [0.717, 1.165) is 16.8 Å². The van der Waals surface area contributed by atoms with Crippen molar-refractivity contribution in [3.63, 3.8) is 0 Å². The first-order valence-corrected chi connectivity index (χ1v) is 7.20. The Hall–Kier alpha value is -1.91. The van der Waals surface area contributed by atoms with E-state index in [1.807, 2.05) is 44.2 Å². The lowest BCUT2D eigenvalue weighted by atomic mass is 10.1. The van der Waals surface area contributed by atoms with E-state index in [0.29, 0.717) is 10.6 Å². The Kier molecular flexibility index (Phi) is 4.94. The fourth-order valence-corrected chi connectivity index (χ4v) is 2.24. The molecule has 0 saturated heterocycles. The molecule has 2 rings (SSSR count). The first-order chi connectivity index (χ1) is 9.97. The van der Waals surface area contributed by atoms with Crippen LogP contribution in [0.15, 0.2) is 42.5 Å². The van der Waals surface area contributed by atoms with Crippen LogP contribution in [0.25, 0.3) is 0 Å². The first kappa shape index (κ1) is 15.5. The minimum Gasteiger partial charge on any atom is -0.332 e. The van der Waals surface area contributed by atoms with Crippen molar-refractivity contribution in [1.82, 2.24) is 5.32 Å². The lowest BCUT2D eigenvalue weighted by Gasteiger charge is -2.12. The van der Waals surface area contributed by atoms with Crippen molar-refractivity contribution in [2.75, 3.05) is 5.32 Å². The largest absolute Gasteiger partial charge is 0.332 e. The molecule has 1 amide bonds. The van der Waals surface area contributed by atoms with Crippen molar-refractivity contribution in [3.8, 4) is 0 Å². The van der Waals surface area contributed by atoms with Crippen LogP contribution in [0, 0.1) is 13.8 Å². The monoisotopic (exact) mass is 318 g/mol. The molecular formula is C16H15ClN2OS. The number of hydrogen-bond acceptors (Lipinski definition) is 2.